The zero-order valence-corrected chi connectivity index (χ0v) is 17.0. The predicted molar refractivity (Wildman–Crippen MR) is 114 cm³/mol. The maximum atomic E-state index is 12.0. The van der Waals surface area contributed by atoms with Crippen molar-refractivity contribution in [2.45, 2.75) is 26.4 Å². The number of amides is 1. The SMILES string of the molecule is CC(C)NC(=O)COC(=O)/C=C/c1cn(Cc2ccccc2)nc1-c1cccnc1. The van der Waals surface area contributed by atoms with Crippen molar-refractivity contribution in [1.82, 2.24) is 20.1 Å². The van der Waals surface area contributed by atoms with E-state index in [4.69, 9.17) is 4.74 Å². The predicted octanol–water partition coefficient (Wildman–Crippen LogP) is 3.07. The average molecular weight is 404 g/mol. The van der Waals surface area contributed by atoms with Gasteiger partial charge >= 0.3 is 5.97 Å². The van der Waals surface area contributed by atoms with Gasteiger partial charge in [0.1, 0.15) is 5.69 Å². The highest BCUT2D eigenvalue weighted by Crippen LogP contribution is 2.23. The van der Waals surface area contributed by atoms with Gasteiger partial charge in [-0.1, -0.05) is 30.3 Å². The molecule has 30 heavy (non-hydrogen) atoms. The number of hydrogen-bond donors (Lipinski definition) is 1. The van der Waals surface area contributed by atoms with Crippen LogP contribution in [0, 0.1) is 0 Å². The molecule has 1 amide bonds. The molecule has 7 heteroatoms. The molecule has 154 valence electrons. The average Bonchev–Trinajstić information content (AvgIpc) is 3.14. The van der Waals surface area contributed by atoms with Crippen LogP contribution >= 0.6 is 0 Å². The summed E-state index contributed by atoms with van der Waals surface area (Å²) < 4.78 is 6.82. The van der Waals surface area contributed by atoms with Crippen LogP contribution in [0.15, 0.2) is 67.1 Å². The van der Waals surface area contributed by atoms with Crippen LogP contribution in [-0.4, -0.2) is 39.3 Å². The maximum Gasteiger partial charge on any atom is 0.331 e. The Hall–Kier alpha value is -3.74. The molecule has 0 spiro atoms. The molecule has 0 fully saturated rings. The van der Waals surface area contributed by atoms with Gasteiger partial charge in [0.2, 0.25) is 0 Å². The number of rotatable bonds is 8. The van der Waals surface area contributed by atoms with Crippen LogP contribution in [-0.2, 0) is 20.9 Å². The lowest BCUT2D eigenvalue weighted by molar-refractivity contribution is -0.143. The van der Waals surface area contributed by atoms with E-state index in [2.05, 4.69) is 15.4 Å². The van der Waals surface area contributed by atoms with E-state index in [1.165, 1.54) is 6.08 Å². The summed E-state index contributed by atoms with van der Waals surface area (Å²) in [5.74, 6) is -0.930. The van der Waals surface area contributed by atoms with Crippen LogP contribution < -0.4 is 5.32 Å². The van der Waals surface area contributed by atoms with Crippen LogP contribution in [0.4, 0.5) is 0 Å². The molecule has 0 aliphatic carbocycles. The van der Waals surface area contributed by atoms with E-state index < -0.39 is 5.97 Å². The van der Waals surface area contributed by atoms with Crippen molar-refractivity contribution in [3.63, 3.8) is 0 Å². The fraction of sp³-hybridized carbons (Fsp3) is 0.217. The highest BCUT2D eigenvalue weighted by Gasteiger charge is 2.11. The number of carbonyl (C=O) groups excluding carboxylic acids is 2. The summed E-state index contributed by atoms with van der Waals surface area (Å²) in [5.41, 5.74) is 3.42. The topological polar surface area (TPSA) is 86.1 Å². The van der Waals surface area contributed by atoms with E-state index in [0.717, 1.165) is 16.7 Å². The number of aromatic nitrogens is 3. The van der Waals surface area contributed by atoms with Gasteiger partial charge in [0.05, 0.1) is 6.54 Å². The van der Waals surface area contributed by atoms with Crippen molar-refractivity contribution in [2.75, 3.05) is 6.61 Å². The standard InChI is InChI=1S/C23H24N4O3/c1-17(2)25-21(28)16-30-22(29)11-10-20-15-27(14-18-7-4-3-5-8-18)26-23(20)19-9-6-12-24-13-19/h3-13,15,17H,14,16H2,1-2H3,(H,25,28)/b11-10+. The molecule has 1 aromatic carbocycles. The summed E-state index contributed by atoms with van der Waals surface area (Å²) in [5, 5.41) is 7.34. The minimum absolute atomic E-state index is 0.00997. The van der Waals surface area contributed by atoms with Gasteiger partial charge in [-0.15, -0.1) is 0 Å². The molecule has 0 aliphatic rings. The third-order valence-electron chi connectivity index (χ3n) is 4.11. The van der Waals surface area contributed by atoms with Gasteiger partial charge in [0.25, 0.3) is 5.91 Å². The summed E-state index contributed by atoms with van der Waals surface area (Å²) in [7, 11) is 0. The van der Waals surface area contributed by atoms with Crippen molar-refractivity contribution < 1.29 is 14.3 Å². The first-order valence-corrected chi connectivity index (χ1v) is 9.67. The molecule has 7 nitrogen and oxygen atoms in total. The smallest absolute Gasteiger partial charge is 0.331 e. The van der Waals surface area contributed by atoms with E-state index in [9.17, 15) is 9.59 Å². The summed E-state index contributed by atoms with van der Waals surface area (Å²) in [4.78, 5) is 27.8. The zero-order chi connectivity index (χ0) is 21.3. The zero-order valence-electron chi connectivity index (χ0n) is 17.0. The third-order valence-corrected chi connectivity index (χ3v) is 4.11. The molecule has 0 bridgehead atoms. The molecule has 3 aromatic rings. The maximum absolute atomic E-state index is 12.0. The normalized spacial score (nSPS) is 11.0. The second kappa shape index (κ2) is 10.2. The first-order chi connectivity index (χ1) is 14.5. The number of pyridine rings is 1. The summed E-state index contributed by atoms with van der Waals surface area (Å²) in [6.07, 6.45) is 8.22. The lowest BCUT2D eigenvalue weighted by Gasteiger charge is -2.07. The number of nitrogens with one attached hydrogen (secondary N) is 1. The highest BCUT2D eigenvalue weighted by molar-refractivity contribution is 5.90. The Bertz CT molecular complexity index is 1010. The van der Waals surface area contributed by atoms with E-state index >= 15 is 0 Å². The third kappa shape index (κ3) is 6.13. The van der Waals surface area contributed by atoms with Gasteiger partial charge in [0.15, 0.2) is 6.61 Å². The molecule has 0 aliphatic heterocycles. The first kappa shape index (κ1) is 21.0. The molecule has 0 radical (unpaired) electrons. The Morgan fingerprint density at radius 1 is 1.17 bits per heavy atom. The Balaban J connectivity index is 1.76. The van der Waals surface area contributed by atoms with E-state index in [1.807, 2.05) is 67.2 Å². The van der Waals surface area contributed by atoms with Gasteiger partial charge in [-0.25, -0.2) is 4.79 Å². The van der Waals surface area contributed by atoms with Crippen molar-refractivity contribution in [2.24, 2.45) is 0 Å². The number of benzene rings is 1. The van der Waals surface area contributed by atoms with E-state index in [-0.39, 0.29) is 18.6 Å². The molecule has 2 heterocycles. The van der Waals surface area contributed by atoms with Crippen LogP contribution in [0.1, 0.15) is 25.0 Å². The number of ether oxygens (including phenoxy) is 1. The van der Waals surface area contributed by atoms with Gasteiger partial charge in [-0.05, 0) is 37.6 Å². The fourth-order valence-electron chi connectivity index (χ4n) is 2.84. The van der Waals surface area contributed by atoms with E-state index in [1.54, 1.807) is 18.5 Å². The summed E-state index contributed by atoms with van der Waals surface area (Å²) in [6.45, 7) is 3.96. The number of esters is 1. The Kier molecular flexibility index (Phi) is 7.10. The minimum Gasteiger partial charge on any atom is -0.452 e. The van der Waals surface area contributed by atoms with Crippen molar-refractivity contribution >= 4 is 18.0 Å². The Morgan fingerprint density at radius 3 is 2.67 bits per heavy atom. The molecule has 0 saturated heterocycles. The molecule has 0 saturated carbocycles. The molecule has 2 aromatic heterocycles. The summed E-state index contributed by atoms with van der Waals surface area (Å²) >= 11 is 0. The highest BCUT2D eigenvalue weighted by atomic mass is 16.5. The molecule has 3 rings (SSSR count). The van der Waals surface area contributed by atoms with Crippen LogP contribution in [0.5, 0.6) is 0 Å². The molecular formula is C23H24N4O3. The number of nitrogens with zero attached hydrogens (tertiary/aromatic N) is 3. The summed E-state index contributed by atoms with van der Waals surface area (Å²) in [6, 6.07) is 13.7. The van der Waals surface area contributed by atoms with Gasteiger partial charge in [-0.2, -0.15) is 5.10 Å². The second-order valence-electron chi connectivity index (χ2n) is 7.02. The molecule has 0 unspecified atom stereocenters. The molecule has 0 atom stereocenters. The number of carbonyl (C=O) groups is 2. The van der Waals surface area contributed by atoms with Crippen LogP contribution in [0.25, 0.3) is 17.3 Å². The molecule has 1 N–H and O–H groups in total. The van der Waals surface area contributed by atoms with Crippen molar-refractivity contribution in [3.05, 3.63) is 78.3 Å². The monoisotopic (exact) mass is 404 g/mol. The van der Waals surface area contributed by atoms with E-state index in [0.29, 0.717) is 12.2 Å². The first-order valence-electron chi connectivity index (χ1n) is 9.67. The molecular weight excluding hydrogens is 380 g/mol. The van der Waals surface area contributed by atoms with Gasteiger partial charge in [-0.3, -0.25) is 14.5 Å². The lowest BCUT2D eigenvalue weighted by Crippen LogP contribution is -2.33. The Morgan fingerprint density at radius 2 is 1.97 bits per heavy atom. The second-order valence-corrected chi connectivity index (χ2v) is 7.02. The lowest BCUT2D eigenvalue weighted by atomic mass is 10.1. The minimum atomic E-state index is -0.596. The van der Waals surface area contributed by atoms with Crippen LogP contribution in [0.3, 0.4) is 0 Å². The Labute approximate surface area is 175 Å². The number of hydrogen-bond acceptors (Lipinski definition) is 5. The van der Waals surface area contributed by atoms with Crippen molar-refractivity contribution in [1.29, 1.82) is 0 Å². The van der Waals surface area contributed by atoms with Crippen molar-refractivity contribution in [3.8, 4) is 11.3 Å². The quantitative estimate of drug-likeness (QED) is 0.461. The van der Waals surface area contributed by atoms with Gasteiger partial charge < -0.3 is 10.1 Å². The largest absolute Gasteiger partial charge is 0.452 e. The fourth-order valence-corrected chi connectivity index (χ4v) is 2.84. The van der Waals surface area contributed by atoms with Crippen LogP contribution in [0.2, 0.25) is 0 Å². The van der Waals surface area contributed by atoms with Gasteiger partial charge in [0, 0.05) is 41.8 Å².